The van der Waals surface area contributed by atoms with Crippen LogP contribution in [0.5, 0.6) is 5.75 Å². The fourth-order valence-corrected chi connectivity index (χ4v) is 5.69. The number of fused-ring (bicyclic) bond motifs is 3. The number of carbonyl (C=O) groups is 1. The lowest BCUT2D eigenvalue weighted by Crippen LogP contribution is -2.45. The Labute approximate surface area is 242 Å². The molecular weight excluding hydrogens is 543 g/mol. The second-order valence-corrected chi connectivity index (χ2v) is 10.7. The summed E-state index contributed by atoms with van der Waals surface area (Å²) in [6.45, 7) is 1.78. The summed E-state index contributed by atoms with van der Waals surface area (Å²) in [5, 5.41) is 3.78. The lowest BCUT2D eigenvalue weighted by atomic mass is 10.0. The van der Waals surface area contributed by atoms with E-state index in [1.807, 2.05) is 34.1 Å². The van der Waals surface area contributed by atoms with E-state index in [1.165, 1.54) is 13.2 Å². The van der Waals surface area contributed by atoms with Crippen molar-refractivity contribution in [2.24, 2.45) is 5.73 Å². The minimum absolute atomic E-state index is 0.0145. The molecule has 0 radical (unpaired) electrons. The van der Waals surface area contributed by atoms with E-state index in [4.69, 9.17) is 27.1 Å². The Morgan fingerprint density at radius 1 is 1.15 bits per heavy atom. The van der Waals surface area contributed by atoms with Crippen LogP contribution in [-0.2, 0) is 6.42 Å². The second-order valence-electron chi connectivity index (χ2n) is 10.3. The topological polar surface area (TPSA) is 96.6 Å². The van der Waals surface area contributed by atoms with Crippen LogP contribution in [0.15, 0.2) is 66.9 Å². The number of para-hydroxylation sites is 1. The van der Waals surface area contributed by atoms with Gasteiger partial charge in [-0.25, -0.2) is 14.4 Å². The van der Waals surface area contributed by atoms with Crippen LogP contribution in [0.4, 0.5) is 27.4 Å². The molecule has 41 heavy (non-hydrogen) atoms. The molecule has 0 bridgehead atoms. The molecule has 1 unspecified atom stereocenters. The van der Waals surface area contributed by atoms with Crippen molar-refractivity contribution in [3.8, 4) is 17.0 Å². The van der Waals surface area contributed by atoms with E-state index in [0.29, 0.717) is 47.5 Å². The largest absolute Gasteiger partial charge is 0.494 e. The molecule has 210 valence electrons. The summed E-state index contributed by atoms with van der Waals surface area (Å²) in [5.41, 5.74) is 11.0. The van der Waals surface area contributed by atoms with Gasteiger partial charge in [0.05, 0.1) is 18.5 Å². The number of nitrogens with zero attached hydrogens (tertiary/aromatic N) is 4. The number of hydrogen-bond donors (Lipinski definition) is 2. The first-order chi connectivity index (χ1) is 19.9. The molecule has 1 aromatic heterocycles. The molecule has 4 aromatic rings. The average Bonchev–Trinajstić information content (AvgIpc) is 3.13. The predicted octanol–water partition coefficient (Wildman–Crippen LogP) is 5.95. The fourth-order valence-electron chi connectivity index (χ4n) is 5.52. The third-order valence-electron chi connectivity index (χ3n) is 7.55. The lowest BCUT2D eigenvalue weighted by molar-refractivity contribution is 0.0709. The van der Waals surface area contributed by atoms with Crippen molar-refractivity contribution in [2.45, 2.75) is 25.3 Å². The Balaban J connectivity index is 1.29. The van der Waals surface area contributed by atoms with Gasteiger partial charge in [-0.05, 0) is 79.4 Å². The third-order valence-corrected chi connectivity index (χ3v) is 7.78. The average molecular weight is 573 g/mol. The minimum Gasteiger partial charge on any atom is -0.494 e. The maximum Gasteiger partial charge on any atom is 0.253 e. The number of anilines is 4. The summed E-state index contributed by atoms with van der Waals surface area (Å²) in [4.78, 5) is 26.0. The third kappa shape index (κ3) is 5.42. The zero-order valence-corrected chi connectivity index (χ0v) is 23.4. The van der Waals surface area contributed by atoms with Crippen molar-refractivity contribution in [1.29, 1.82) is 0 Å². The molecule has 3 aromatic carbocycles. The number of halogens is 2. The highest BCUT2D eigenvalue weighted by atomic mass is 35.5. The van der Waals surface area contributed by atoms with E-state index in [0.717, 1.165) is 47.6 Å². The fraction of sp³-hybridized carbons (Fsp3) is 0.258. The van der Waals surface area contributed by atoms with Crippen LogP contribution in [0.25, 0.3) is 11.3 Å². The molecule has 1 amide bonds. The lowest BCUT2D eigenvalue weighted by Gasteiger charge is -2.30. The van der Waals surface area contributed by atoms with Gasteiger partial charge in [0.1, 0.15) is 11.4 Å². The van der Waals surface area contributed by atoms with Crippen LogP contribution in [0.1, 0.15) is 28.8 Å². The molecule has 1 fully saturated rings. The van der Waals surface area contributed by atoms with Crippen LogP contribution in [0, 0.1) is 5.82 Å². The maximum atomic E-state index is 15.2. The molecule has 2 aliphatic rings. The van der Waals surface area contributed by atoms with Gasteiger partial charge in [0, 0.05) is 53.7 Å². The number of nitrogens with one attached hydrogen (secondary N) is 1. The number of amides is 1. The number of likely N-dealkylation sites (tertiary alicyclic amines) is 1. The van der Waals surface area contributed by atoms with Crippen LogP contribution in [-0.4, -0.2) is 53.6 Å². The number of ether oxygens (including phenoxy) is 1. The smallest absolute Gasteiger partial charge is 0.253 e. The summed E-state index contributed by atoms with van der Waals surface area (Å²) in [6, 6.07) is 17.6. The van der Waals surface area contributed by atoms with Gasteiger partial charge in [0.25, 0.3) is 5.91 Å². The van der Waals surface area contributed by atoms with Crippen molar-refractivity contribution in [2.75, 3.05) is 37.0 Å². The van der Waals surface area contributed by atoms with Crippen LogP contribution in [0.2, 0.25) is 5.02 Å². The molecule has 0 saturated carbocycles. The van der Waals surface area contributed by atoms with Gasteiger partial charge in [-0.2, -0.15) is 0 Å². The van der Waals surface area contributed by atoms with Gasteiger partial charge in [0.2, 0.25) is 5.95 Å². The number of aromatic nitrogens is 2. The summed E-state index contributed by atoms with van der Waals surface area (Å²) in [5.74, 6) is 0.432. The van der Waals surface area contributed by atoms with E-state index in [9.17, 15) is 4.79 Å². The Morgan fingerprint density at radius 3 is 2.76 bits per heavy atom. The number of piperidine rings is 1. The molecule has 6 rings (SSSR count). The van der Waals surface area contributed by atoms with Crippen LogP contribution < -0.4 is 20.7 Å². The molecule has 3 heterocycles. The number of benzene rings is 3. The molecule has 10 heteroatoms. The minimum atomic E-state index is -0.389. The van der Waals surface area contributed by atoms with Gasteiger partial charge < -0.3 is 25.6 Å². The molecule has 3 N–H and O–H groups in total. The van der Waals surface area contributed by atoms with Gasteiger partial charge in [-0.3, -0.25) is 4.79 Å². The Hall–Kier alpha value is -4.21. The molecule has 2 aliphatic heterocycles. The summed E-state index contributed by atoms with van der Waals surface area (Å²) in [6.07, 6.45) is 4.24. The SMILES string of the molecule is COc1cccc(F)c1N1CCc2cnc(Nc3ccc(C(=O)N4CCCC(N)C4)cc3)nc2-c2ccc(Cl)cc21. The first kappa shape index (κ1) is 27.0. The normalized spacial score (nSPS) is 16.4. The van der Waals surface area contributed by atoms with E-state index < -0.39 is 0 Å². The summed E-state index contributed by atoms with van der Waals surface area (Å²) < 4.78 is 20.7. The van der Waals surface area contributed by atoms with Gasteiger partial charge >= 0.3 is 0 Å². The van der Waals surface area contributed by atoms with E-state index in [1.54, 1.807) is 36.5 Å². The zero-order valence-electron chi connectivity index (χ0n) is 22.6. The maximum absolute atomic E-state index is 15.2. The number of carbonyl (C=O) groups excluding carboxylic acids is 1. The van der Waals surface area contributed by atoms with Crippen molar-refractivity contribution in [3.05, 3.63) is 88.8 Å². The van der Waals surface area contributed by atoms with Crippen LogP contribution in [0.3, 0.4) is 0 Å². The summed E-state index contributed by atoms with van der Waals surface area (Å²) >= 11 is 6.42. The molecular formula is C31H30ClFN6O2. The molecule has 0 spiro atoms. The standard InChI is InChI=1S/C31H30ClFN6O2/c1-41-27-6-2-5-25(33)29(27)39-15-13-20-17-35-31(37-28(20)24-12-9-21(32)16-26(24)39)36-23-10-7-19(8-11-23)30(40)38-14-3-4-22(34)18-38/h2,5-12,16-17,22H,3-4,13-15,18,34H2,1H3,(H,35,36,37). The Kier molecular flexibility index (Phi) is 7.47. The quantitative estimate of drug-likeness (QED) is 0.305. The Morgan fingerprint density at radius 2 is 1.98 bits per heavy atom. The van der Waals surface area contributed by atoms with Crippen molar-refractivity contribution in [3.63, 3.8) is 0 Å². The molecule has 1 saturated heterocycles. The first-order valence-electron chi connectivity index (χ1n) is 13.6. The van der Waals surface area contributed by atoms with Gasteiger partial charge in [0.15, 0.2) is 5.82 Å². The highest BCUT2D eigenvalue weighted by molar-refractivity contribution is 6.31. The second kappa shape index (κ2) is 11.3. The van der Waals surface area contributed by atoms with E-state index >= 15 is 4.39 Å². The monoisotopic (exact) mass is 572 g/mol. The molecule has 0 aliphatic carbocycles. The van der Waals surface area contributed by atoms with Crippen molar-refractivity contribution in [1.82, 2.24) is 14.9 Å². The highest BCUT2D eigenvalue weighted by Gasteiger charge is 2.27. The highest BCUT2D eigenvalue weighted by Crippen LogP contribution is 2.44. The number of methoxy groups -OCH3 is 1. The van der Waals surface area contributed by atoms with Crippen molar-refractivity contribution < 1.29 is 13.9 Å². The number of rotatable bonds is 5. The summed E-state index contributed by atoms with van der Waals surface area (Å²) in [7, 11) is 1.53. The molecule has 8 nitrogen and oxygen atoms in total. The molecule has 1 atom stereocenters. The van der Waals surface area contributed by atoms with Crippen LogP contribution >= 0.6 is 11.6 Å². The van der Waals surface area contributed by atoms with Crippen molar-refractivity contribution >= 4 is 40.5 Å². The zero-order chi connectivity index (χ0) is 28.5. The number of nitrogens with two attached hydrogens (primary N) is 1. The van der Waals surface area contributed by atoms with E-state index in [2.05, 4.69) is 10.3 Å². The predicted molar refractivity (Wildman–Crippen MR) is 159 cm³/mol. The number of hydrogen-bond acceptors (Lipinski definition) is 7. The van der Waals surface area contributed by atoms with Gasteiger partial charge in [-0.15, -0.1) is 0 Å². The Bertz CT molecular complexity index is 1600. The van der Waals surface area contributed by atoms with Gasteiger partial charge in [-0.1, -0.05) is 17.7 Å². The first-order valence-corrected chi connectivity index (χ1v) is 14.0. The van der Waals surface area contributed by atoms with E-state index in [-0.39, 0.29) is 17.8 Å².